The molecule has 5 nitrogen and oxygen atoms in total. The average Bonchev–Trinajstić information content (AvgIpc) is 2.92. The SMILES string of the molecule is Cc1ccc([C@@H](C(=O)NCc2ccon2)N(C)C)cc1. The number of nitrogens with zero attached hydrogens (tertiary/aromatic N) is 2. The molecule has 0 saturated carbocycles. The zero-order valence-corrected chi connectivity index (χ0v) is 12.0. The molecule has 1 atom stereocenters. The molecule has 1 N–H and O–H groups in total. The Hall–Kier alpha value is -2.14. The lowest BCUT2D eigenvalue weighted by atomic mass is 10.0. The van der Waals surface area contributed by atoms with Gasteiger partial charge in [0.25, 0.3) is 0 Å². The van der Waals surface area contributed by atoms with E-state index in [0.29, 0.717) is 12.2 Å². The van der Waals surface area contributed by atoms with Gasteiger partial charge in [-0.3, -0.25) is 9.69 Å². The molecule has 2 rings (SSSR count). The molecular formula is C15H19N3O2. The lowest BCUT2D eigenvalue weighted by Gasteiger charge is -2.23. The number of rotatable bonds is 5. The van der Waals surface area contributed by atoms with Gasteiger partial charge < -0.3 is 9.84 Å². The van der Waals surface area contributed by atoms with E-state index < -0.39 is 0 Å². The Balaban J connectivity index is 2.08. The van der Waals surface area contributed by atoms with Gasteiger partial charge in [0.2, 0.25) is 5.91 Å². The normalized spacial score (nSPS) is 12.4. The summed E-state index contributed by atoms with van der Waals surface area (Å²) in [6.07, 6.45) is 1.49. The number of amides is 1. The molecule has 2 aromatic rings. The third-order valence-corrected chi connectivity index (χ3v) is 3.09. The highest BCUT2D eigenvalue weighted by atomic mass is 16.5. The Morgan fingerprint density at radius 3 is 2.55 bits per heavy atom. The van der Waals surface area contributed by atoms with E-state index in [0.717, 1.165) is 5.56 Å². The molecule has 0 aliphatic rings. The molecule has 106 valence electrons. The van der Waals surface area contributed by atoms with Crippen molar-refractivity contribution in [2.75, 3.05) is 14.1 Å². The van der Waals surface area contributed by atoms with Gasteiger partial charge in [-0.2, -0.15) is 0 Å². The summed E-state index contributed by atoms with van der Waals surface area (Å²) in [5.74, 6) is -0.0538. The zero-order valence-electron chi connectivity index (χ0n) is 12.0. The Morgan fingerprint density at radius 1 is 1.30 bits per heavy atom. The van der Waals surface area contributed by atoms with Gasteiger partial charge in [-0.15, -0.1) is 0 Å². The van der Waals surface area contributed by atoms with Crippen LogP contribution >= 0.6 is 0 Å². The summed E-state index contributed by atoms with van der Waals surface area (Å²) in [6.45, 7) is 2.39. The third kappa shape index (κ3) is 3.45. The molecule has 1 aromatic heterocycles. The van der Waals surface area contributed by atoms with E-state index in [9.17, 15) is 4.79 Å². The monoisotopic (exact) mass is 273 g/mol. The highest BCUT2D eigenvalue weighted by Gasteiger charge is 2.22. The molecule has 0 unspecified atom stereocenters. The number of aromatic nitrogens is 1. The van der Waals surface area contributed by atoms with Crippen LogP contribution in [0, 0.1) is 6.92 Å². The number of benzene rings is 1. The first kappa shape index (κ1) is 14.3. The minimum atomic E-state index is -0.317. The van der Waals surface area contributed by atoms with Crippen molar-refractivity contribution < 1.29 is 9.32 Å². The van der Waals surface area contributed by atoms with E-state index in [-0.39, 0.29) is 11.9 Å². The quantitative estimate of drug-likeness (QED) is 0.904. The molecule has 1 aromatic carbocycles. The molecule has 1 amide bonds. The fraction of sp³-hybridized carbons (Fsp3) is 0.333. The molecule has 0 spiro atoms. The maximum absolute atomic E-state index is 12.4. The molecule has 0 saturated heterocycles. The van der Waals surface area contributed by atoms with Gasteiger partial charge in [-0.1, -0.05) is 35.0 Å². The number of nitrogens with one attached hydrogen (secondary N) is 1. The predicted molar refractivity (Wildman–Crippen MR) is 76.0 cm³/mol. The van der Waals surface area contributed by atoms with Gasteiger partial charge in [0, 0.05) is 6.07 Å². The van der Waals surface area contributed by atoms with Crippen molar-refractivity contribution in [2.24, 2.45) is 0 Å². The molecule has 0 fully saturated rings. The predicted octanol–water partition coefficient (Wildman–Crippen LogP) is 1.90. The van der Waals surface area contributed by atoms with E-state index in [2.05, 4.69) is 10.5 Å². The number of carbonyl (C=O) groups is 1. The highest BCUT2D eigenvalue weighted by molar-refractivity contribution is 5.83. The first-order chi connectivity index (χ1) is 9.58. The minimum Gasteiger partial charge on any atom is -0.364 e. The van der Waals surface area contributed by atoms with E-state index in [1.54, 1.807) is 6.07 Å². The second-order valence-corrected chi connectivity index (χ2v) is 4.99. The van der Waals surface area contributed by atoms with Crippen LogP contribution in [0.5, 0.6) is 0 Å². The van der Waals surface area contributed by atoms with Gasteiger partial charge in [0.15, 0.2) is 0 Å². The van der Waals surface area contributed by atoms with E-state index in [1.165, 1.54) is 11.8 Å². The number of carbonyl (C=O) groups excluding carboxylic acids is 1. The molecule has 5 heteroatoms. The van der Waals surface area contributed by atoms with Crippen LogP contribution < -0.4 is 5.32 Å². The topological polar surface area (TPSA) is 58.4 Å². The fourth-order valence-electron chi connectivity index (χ4n) is 2.04. The second-order valence-electron chi connectivity index (χ2n) is 4.99. The maximum Gasteiger partial charge on any atom is 0.242 e. The van der Waals surface area contributed by atoms with E-state index >= 15 is 0 Å². The molecular weight excluding hydrogens is 254 g/mol. The second kappa shape index (κ2) is 6.34. The summed E-state index contributed by atoms with van der Waals surface area (Å²) in [6, 6.07) is 9.40. The van der Waals surface area contributed by atoms with Crippen LogP contribution in [0.25, 0.3) is 0 Å². The van der Waals surface area contributed by atoms with Crippen molar-refractivity contribution in [1.82, 2.24) is 15.4 Å². The Labute approximate surface area is 118 Å². The smallest absolute Gasteiger partial charge is 0.242 e. The number of hydrogen-bond acceptors (Lipinski definition) is 4. The summed E-state index contributed by atoms with van der Waals surface area (Å²) in [7, 11) is 3.78. The summed E-state index contributed by atoms with van der Waals surface area (Å²) >= 11 is 0. The first-order valence-corrected chi connectivity index (χ1v) is 6.48. The Morgan fingerprint density at radius 2 is 2.00 bits per heavy atom. The average molecular weight is 273 g/mol. The van der Waals surface area contributed by atoms with Crippen LogP contribution in [0.2, 0.25) is 0 Å². The van der Waals surface area contributed by atoms with Gasteiger partial charge in [-0.05, 0) is 26.6 Å². The Bertz CT molecular complexity index is 547. The first-order valence-electron chi connectivity index (χ1n) is 6.48. The lowest BCUT2D eigenvalue weighted by molar-refractivity contribution is -0.126. The van der Waals surface area contributed by atoms with Crippen molar-refractivity contribution in [2.45, 2.75) is 19.5 Å². The summed E-state index contributed by atoms with van der Waals surface area (Å²) in [5, 5.41) is 6.65. The molecule has 0 radical (unpaired) electrons. The van der Waals surface area contributed by atoms with Gasteiger partial charge in [0.05, 0.1) is 6.54 Å². The van der Waals surface area contributed by atoms with Crippen LogP contribution in [0.4, 0.5) is 0 Å². The van der Waals surface area contributed by atoms with Crippen molar-refractivity contribution >= 4 is 5.91 Å². The van der Waals surface area contributed by atoms with Crippen LogP contribution in [0.3, 0.4) is 0 Å². The largest absolute Gasteiger partial charge is 0.364 e. The molecule has 20 heavy (non-hydrogen) atoms. The summed E-state index contributed by atoms with van der Waals surface area (Å²) < 4.78 is 4.74. The number of hydrogen-bond donors (Lipinski definition) is 1. The van der Waals surface area contributed by atoms with E-state index in [1.807, 2.05) is 50.2 Å². The number of aryl methyl sites for hydroxylation is 1. The molecule has 1 heterocycles. The van der Waals surface area contributed by atoms with Crippen molar-refractivity contribution in [3.63, 3.8) is 0 Å². The zero-order chi connectivity index (χ0) is 14.5. The van der Waals surface area contributed by atoms with Crippen LogP contribution in [0.15, 0.2) is 41.1 Å². The maximum atomic E-state index is 12.4. The summed E-state index contributed by atoms with van der Waals surface area (Å²) in [5.41, 5.74) is 2.85. The van der Waals surface area contributed by atoms with Crippen molar-refractivity contribution in [3.8, 4) is 0 Å². The summed E-state index contributed by atoms with van der Waals surface area (Å²) in [4.78, 5) is 14.2. The standard InChI is InChI=1S/C15H19N3O2/c1-11-4-6-12(7-5-11)14(18(2)3)15(19)16-10-13-8-9-20-17-13/h4-9,14H,10H2,1-3H3,(H,16,19)/t14-/m0/s1. The lowest BCUT2D eigenvalue weighted by Crippen LogP contribution is -2.36. The van der Waals surface area contributed by atoms with Gasteiger partial charge in [-0.25, -0.2) is 0 Å². The van der Waals surface area contributed by atoms with Crippen LogP contribution in [-0.2, 0) is 11.3 Å². The van der Waals surface area contributed by atoms with Crippen LogP contribution in [-0.4, -0.2) is 30.1 Å². The van der Waals surface area contributed by atoms with Crippen LogP contribution in [0.1, 0.15) is 22.9 Å². The van der Waals surface area contributed by atoms with E-state index in [4.69, 9.17) is 4.52 Å². The Kier molecular flexibility index (Phi) is 4.53. The fourth-order valence-corrected chi connectivity index (χ4v) is 2.04. The molecule has 0 bridgehead atoms. The minimum absolute atomic E-state index is 0.0538. The van der Waals surface area contributed by atoms with Crippen molar-refractivity contribution in [3.05, 3.63) is 53.4 Å². The molecule has 0 aliphatic heterocycles. The molecule has 0 aliphatic carbocycles. The van der Waals surface area contributed by atoms with Gasteiger partial charge in [0.1, 0.15) is 18.0 Å². The number of likely N-dealkylation sites (N-methyl/N-ethyl adjacent to an activating group) is 1. The highest BCUT2D eigenvalue weighted by Crippen LogP contribution is 2.19. The van der Waals surface area contributed by atoms with Crippen molar-refractivity contribution in [1.29, 1.82) is 0 Å². The van der Waals surface area contributed by atoms with Gasteiger partial charge >= 0.3 is 0 Å². The third-order valence-electron chi connectivity index (χ3n) is 3.09.